The Labute approximate surface area is 172 Å². The highest BCUT2D eigenvalue weighted by atomic mass is 16.2. The Bertz CT molecular complexity index is 893. The maximum atomic E-state index is 13.1. The smallest absolute Gasteiger partial charge is 0.319 e. The highest BCUT2D eigenvalue weighted by Gasteiger charge is 2.49. The summed E-state index contributed by atoms with van der Waals surface area (Å²) in [6.45, 7) is 8.69. The second-order valence-electron chi connectivity index (χ2n) is 8.18. The molecule has 0 aliphatic carbocycles. The molecule has 2 saturated heterocycles. The molecule has 29 heavy (non-hydrogen) atoms. The van der Waals surface area contributed by atoms with Crippen molar-refractivity contribution in [3.8, 4) is 0 Å². The number of aryl methyl sites for hydroxylation is 1. The zero-order valence-corrected chi connectivity index (χ0v) is 17.1. The number of rotatable bonds is 5. The lowest BCUT2D eigenvalue weighted by Gasteiger charge is -2.36. The Morgan fingerprint density at radius 2 is 1.62 bits per heavy atom. The van der Waals surface area contributed by atoms with E-state index in [1.807, 2.05) is 30.3 Å². The summed E-state index contributed by atoms with van der Waals surface area (Å²) in [5, 5.41) is 2.88. The van der Waals surface area contributed by atoms with Crippen LogP contribution in [-0.4, -0.2) is 59.5 Å². The topological polar surface area (TPSA) is 55.9 Å². The molecule has 0 radical (unpaired) electrons. The largest absolute Gasteiger partial charge is 0.326 e. The molecule has 2 aliphatic rings. The number of carbonyl (C=O) groups is 2. The Morgan fingerprint density at radius 1 is 0.931 bits per heavy atom. The molecule has 4 rings (SSSR count). The van der Waals surface area contributed by atoms with Gasteiger partial charge in [0, 0.05) is 32.7 Å². The fourth-order valence-corrected chi connectivity index (χ4v) is 4.15. The van der Waals surface area contributed by atoms with Crippen molar-refractivity contribution in [2.45, 2.75) is 25.9 Å². The van der Waals surface area contributed by atoms with E-state index >= 15 is 0 Å². The summed E-state index contributed by atoms with van der Waals surface area (Å²) in [5.74, 6) is -0.184. The molecule has 2 aromatic rings. The van der Waals surface area contributed by atoms with Crippen LogP contribution in [0.3, 0.4) is 0 Å². The highest BCUT2D eigenvalue weighted by Crippen LogP contribution is 2.28. The lowest BCUT2D eigenvalue weighted by Crippen LogP contribution is -2.51. The van der Waals surface area contributed by atoms with Crippen LogP contribution in [0.25, 0.3) is 0 Å². The number of hydrogen-bond acceptors (Lipinski definition) is 4. The van der Waals surface area contributed by atoms with Crippen molar-refractivity contribution in [2.75, 3.05) is 32.8 Å². The highest BCUT2D eigenvalue weighted by molar-refractivity contribution is 6.07. The van der Waals surface area contributed by atoms with Gasteiger partial charge >= 0.3 is 6.03 Å². The number of amides is 3. The first-order chi connectivity index (χ1) is 14.0. The van der Waals surface area contributed by atoms with Crippen LogP contribution in [0.2, 0.25) is 0 Å². The van der Waals surface area contributed by atoms with Crippen molar-refractivity contribution in [1.82, 2.24) is 20.0 Å². The van der Waals surface area contributed by atoms with Gasteiger partial charge < -0.3 is 5.32 Å². The summed E-state index contributed by atoms with van der Waals surface area (Å²) in [4.78, 5) is 31.6. The van der Waals surface area contributed by atoms with Gasteiger partial charge in [0.15, 0.2) is 0 Å². The van der Waals surface area contributed by atoms with E-state index in [0.717, 1.165) is 38.3 Å². The standard InChI is InChI=1S/C23H28N4O2/c1-18-7-6-8-19(15-18)16-25-11-13-26(14-12-25)17-27-21(28)23(2,24-22(27)29)20-9-4-3-5-10-20/h3-10,15H,11-14,16-17H2,1-2H3,(H,24,29)/t23-/m0/s1. The summed E-state index contributed by atoms with van der Waals surface area (Å²) in [6.07, 6.45) is 0. The van der Waals surface area contributed by atoms with Crippen LogP contribution >= 0.6 is 0 Å². The van der Waals surface area contributed by atoms with E-state index in [1.165, 1.54) is 16.0 Å². The first-order valence-corrected chi connectivity index (χ1v) is 10.2. The van der Waals surface area contributed by atoms with E-state index in [0.29, 0.717) is 6.67 Å². The molecule has 0 unspecified atom stereocenters. The lowest BCUT2D eigenvalue weighted by atomic mass is 9.92. The number of nitrogens with zero attached hydrogens (tertiary/aromatic N) is 3. The van der Waals surface area contributed by atoms with E-state index in [4.69, 9.17) is 0 Å². The van der Waals surface area contributed by atoms with Gasteiger partial charge in [0.1, 0.15) is 5.54 Å². The van der Waals surface area contributed by atoms with Crippen molar-refractivity contribution in [1.29, 1.82) is 0 Å². The van der Waals surface area contributed by atoms with Crippen molar-refractivity contribution >= 4 is 11.9 Å². The predicted molar refractivity (Wildman–Crippen MR) is 112 cm³/mol. The van der Waals surface area contributed by atoms with E-state index in [-0.39, 0.29) is 11.9 Å². The lowest BCUT2D eigenvalue weighted by molar-refractivity contribution is -0.132. The molecule has 0 aromatic heterocycles. The Morgan fingerprint density at radius 3 is 2.31 bits per heavy atom. The van der Waals surface area contributed by atoms with E-state index in [2.05, 4.69) is 46.3 Å². The van der Waals surface area contributed by atoms with Gasteiger partial charge in [-0.25, -0.2) is 9.69 Å². The molecule has 3 amide bonds. The number of urea groups is 1. The van der Waals surface area contributed by atoms with Crippen LogP contribution in [0.15, 0.2) is 54.6 Å². The summed E-state index contributed by atoms with van der Waals surface area (Å²) >= 11 is 0. The molecule has 6 heteroatoms. The van der Waals surface area contributed by atoms with Gasteiger partial charge in [-0.2, -0.15) is 0 Å². The Hall–Kier alpha value is -2.70. The fraction of sp³-hybridized carbons (Fsp3) is 0.391. The van der Waals surface area contributed by atoms with Crippen LogP contribution in [0, 0.1) is 6.92 Å². The van der Waals surface area contributed by atoms with Crippen molar-refractivity contribution < 1.29 is 9.59 Å². The molecule has 2 aliphatic heterocycles. The molecular formula is C23H28N4O2. The van der Waals surface area contributed by atoms with Gasteiger partial charge in [-0.05, 0) is 25.0 Å². The molecular weight excluding hydrogens is 364 g/mol. The Balaban J connectivity index is 1.35. The third-order valence-electron chi connectivity index (χ3n) is 5.92. The fourth-order valence-electron chi connectivity index (χ4n) is 4.15. The van der Waals surface area contributed by atoms with Gasteiger partial charge in [0.05, 0.1) is 6.67 Å². The van der Waals surface area contributed by atoms with Gasteiger partial charge in [-0.1, -0.05) is 60.2 Å². The summed E-state index contributed by atoms with van der Waals surface area (Å²) in [5.41, 5.74) is 2.42. The van der Waals surface area contributed by atoms with E-state index < -0.39 is 5.54 Å². The normalized spacial score (nSPS) is 23.4. The molecule has 2 fully saturated rings. The van der Waals surface area contributed by atoms with Crippen LogP contribution < -0.4 is 5.32 Å². The average Bonchev–Trinajstić information content (AvgIpc) is 2.94. The number of imide groups is 1. The number of nitrogens with one attached hydrogen (secondary N) is 1. The molecule has 0 spiro atoms. The molecule has 1 atom stereocenters. The predicted octanol–water partition coefficient (Wildman–Crippen LogP) is 2.54. The second-order valence-corrected chi connectivity index (χ2v) is 8.18. The van der Waals surface area contributed by atoms with Crippen molar-refractivity contribution in [2.24, 2.45) is 0 Å². The van der Waals surface area contributed by atoms with E-state index in [9.17, 15) is 9.59 Å². The number of hydrogen-bond donors (Lipinski definition) is 1. The molecule has 0 saturated carbocycles. The molecule has 0 bridgehead atoms. The summed E-state index contributed by atoms with van der Waals surface area (Å²) < 4.78 is 0. The van der Waals surface area contributed by atoms with Gasteiger partial charge in [0.25, 0.3) is 5.91 Å². The summed E-state index contributed by atoms with van der Waals surface area (Å²) in [7, 11) is 0. The van der Waals surface area contributed by atoms with Crippen LogP contribution in [0.5, 0.6) is 0 Å². The SMILES string of the molecule is Cc1cccc(CN2CCN(CN3C(=O)N[C@@](C)(c4ccccc4)C3=O)CC2)c1. The molecule has 152 valence electrons. The number of carbonyl (C=O) groups excluding carboxylic acids is 2. The molecule has 2 aromatic carbocycles. The number of benzene rings is 2. The minimum Gasteiger partial charge on any atom is -0.319 e. The third kappa shape index (κ3) is 4.04. The molecule has 6 nitrogen and oxygen atoms in total. The maximum absolute atomic E-state index is 13.1. The second kappa shape index (κ2) is 7.97. The van der Waals surface area contributed by atoms with Gasteiger partial charge in [-0.3, -0.25) is 14.6 Å². The van der Waals surface area contributed by atoms with Gasteiger partial charge in [-0.15, -0.1) is 0 Å². The third-order valence-corrected chi connectivity index (χ3v) is 5.92. The van der Waals surface area contributed by atoms with Crippen LogP contribution in [0.1, 0.15) is 23.6 Å². The molecule has 2 heterocycles. The minimum atomic E-state index is -0.995. The first kappa shape index (κ1) is 19.6. The first-order valence-electron chi connectivity index (χ1n) is 10.2. The van der Waals surface area contributed by atoms with E-state index in [1.54, 1.807) is 6.92 Å². The monoisotopic (exact) mass is 392 g/mol. The van der Waals surface area contributed by atoms with Crippen LogP contribution in [0.4, 0.5) is 4.79 Å². The zero-order valence-electron chi connectivity index (χ0n) is 17.1. The van der Waals surface area contributed by atoms with Gasteiger partial charge in [0.2, 0.25) is 0 Å². The quantitative estimate of drug-likeness (QED) is 0.795. The average molecular weight is 393 g/mol. The summed E-state index contributed by atoms with van der Waals surface area (Å²) in [6, 6.07) is 17.7. The molecule has 1 N–H and O–H groups in total. The number of piperazine rings is 1. The maximum Gasteiger partial charge on any atom is 0.326 e. The minimum absolute atomic E-state index is 0.184. The van der Waals surface area contributed by atoms with Crippen LogP contribution in [-0.2, 0) is 16.9 Å². The van der Waals surface area contributed by atoms with Crippen molar-refractivity contribution in [3.05, 3.63) is 71.3 Å². The van der Waals surface area contributed by atoms with Crippen molar-refractivity contribution in [3.63, 3.8) is 0 Å². The zero-order chi connectivity index (χ0) is 20.4. The Kier molecular flexibility index (Phi) is 5.39.